The Morgan fingerprint density at radius 1 is 1.37 bits per heavy atom. The number of hydrogen-bond donors (Lipinski definition) is 2. The largest absolute Gasteiger partial charge is 0.271 e. The number of nitrogens with zero attached hydrogens (tertiary/aromatic N) is 2. The molecule has 1 atom stereocenters. The second-order valence-corrected chi connectivity index (χ2v) is 6.99. The van der Waals surface area contributed by atoms with E-state index in [0.29, 0.717) is 22.8 Å². The van der Waals surface area contributed by atoms with E-state index in [0.717, 1.165) is 18.7 Å². The Balaban J connectivity index is 2.17. The fourth-order valence-corrected chi connectivity index (χ4v) is 3.79. The lowest BCUT2D eigenvalue weighted by Gasteiger charge is -2.18. The number of rotatable bonds is 5. The van der Waals surface area contributed by atoms with E-state index in [9.17, 15) is 0 Å². The topological polar surface area (TPSA) is 55.9 Å². The molecule has 0 saturated heterocycles. The van der Waals surface area contributed by atoms with Crippen molar-refractivity contribution in [3.05, 3.63) is 17.5 Å². The Hall–Kier alpha value is -0.870. The van der Waals surface area contributed by atoms with Crippen LogP contribution in [0.3, 0.4) is 0 Å². The third-order valence-electron chi connectivity index (χ3n) is 5.46. The molecular formula is C15H28N4. The van der Waals surface area contributed by atoms with Crippen LogP contribution in [0.25, 0.3) is 0 Å². The van der Waals surface area contributed by atoms with Crippen LogP contribution in [-0.2, 0) is 13.0 Å². The molecule has 0 radical (unpaired) electrons. The maximum Gasteiger partial charge on any atom is 0.0596 e. The zero-order chi connectivity index (χ0) is 14.4. The molecule has 1 aliphatic carbocycles. The van der Waals surface area contributed by atoms with Crippen LogP contribution < -0.4 is 11.3 Å². The molecule has 0 spiro atoms. The van der Waals surface area contributed by atoms with E-state index in [1.165, 1.54) is 5.69 Å². The van der Waals surface area contributed by atoms with Gasteiger partial charge in [0.25, 0.3) is 0 Å². The summed E-state index contributed by atoms with van der Waals surface area (Å²) in [4.78, 5) is 0. The molecular weight excluding hydrogens is 236 g/mol. The van der Waals surface area contributed by atoms with E-state index in [1.54, 1.807) is 0 Å². The Morgan fingerprint density at radius 3 is 2.37 bits per heavy atom. The van der Waals surface area contributed by atoms with E-state index < -0.39 is 0 Å². The number of aromatic nitrogens is 2. The predicted octanol–water partition coefficient (Wildman–Crippen LogP) is 2.27. The van der Waals surface area contributed by atoms with Gasteiger partial charge >= 0.3 is 0 Å². The van der Waals surface area contributed by atoms with Crippen LogP contribution in [0.1, 0.15) is 46.0 Å². The van der Waals surface area contributed by atoms with Crippen molar-refractivity contribution >= 4 is 0 Å². The smallest absolute Gasteiger partial charge is 0.0596 e. The molecule has 0 bridgehead atoms. The first-order chi connectivity index (χ1) is 8.75. The Morgan fingerprint density at radius 2 is 1.95 bits per heavy atom. The van der Waals surface area contributed by atoms with Gasteiger partial charge in [-0.1, -0.05) is 27.7 Å². The fourth-order valence-electron chi connectivity index (χ4n) is 3.79. The van der Waals surface area contributed by atoms with Crippen molar-refractivity contribution in [3.63, 3.8) is 0 Å². The third kappa shape index (κ3) is 2.21. The van der Waals surface area contributed by atoms with E-state index in [1.807, 2.05) is 6.92 Å². The Bertz CT molecular complexity index is 445. The lowest BCUT2D eigenvalue weighted by molar-refractivity contribution is 0.392. The minimum Gasteiger partial charge on any atom is -0.271 e. The molecule has 3 N–H and O–H groups in total. The molecule has 1 aliphatic rings. The molecule has 4 nitrogen and oxygen atoms in total. The van der Waals surface area contributed by atoms with Gasteiger partial charge in [0.1, 0.15) is 0 Å². The van der Waals surface area contributed by atoms with Gasteiger partial charge in [-0.15, -0.1) is 0 Å². The van der Waals surface area contributed by atoms with Crippen LogP contribution in [0, 0.1) is 23.7 Å². The second-order valence-electron chi connectivity index (χ2n) is 6.99. The zero-order valence-corrected chi connectivity index (χ0v) is 13.1. The quantitative estimate of drug-likeness (QED) is 0.633. The predicted molar refractivity (Wildman–Crippen MR) is 78.5 cm³/mol. The van der Waals surface area contributed by atoms with Crippen molar-refractivity contribution in [2.24, 2.45) is 22.6 Å². The third-order valence-corrected chi connectivity index (χ3v) is 5.46. The first-order valence-electron chi connectivity index (χ1n) is 7.25. The van der Waals surface area contributed by atoms with Crippen molar-refractivity contribution in [3.8, 4) is 0 Å². The van der Waals surface area contributed by atoms with E-state index >= 15 is 0 Å². The summed E-state index contributed by atoms with van der Waals surface area (Å²) in [6.45, 7) is 14.4. The molecule has 1 saturated carbocycles. The maximum absolute atomic E-state index is 5.82. The number of hydrazine groups is 1. The van der Waals surface area contributed by atoms with Crippen LogP contribution in [0.15, 0.2) is 6.07 Å². The molecule has 1 unspecified atom stereocenters. The van der Waals surface area contributed by atoms with Gasteiger partial charge in [0.2, 0.25) is 0 Å². The van der Waals surface area contributed by atoms with Crippen LogP contribution in [0.4, 0.5) is 0 Å². The van der Waals surface area contributed by atoms with Crippen molar-refractivity contribution in [2.75, 3.05) is 0 Å². The highest BCUT2D eigenvalue weighted by molar-refractivity contribution is 5.19. The summed E-state index contributed by atoms with van der Waals surface area (Å²) in [5.41, 5.74) is 6.09. The summed E-state index contributed by atoms with van der Waals surface area (Å²) in [7, 11) is 0. The van der Waals surface area contributed by atoms with Gasteiger partial charge in [0.05, 0.1) is 5.69 Å². The molecule has 0 aromatic carbocycles. The number of nitrogens with one attached hydrogen (secondary N) is 1. The van der Waals surface area contributed by atoms with Gasteiger partial charge in [-0.25, -0.2) is 0 Å². The lowest BCUT2D eigenvalue weighted by Crippen LogP contribution is -2.40. The zero-order valence-electron chi connectivity index (χ0n) is 13.1. The molecule has 4 heteroatoms. The summed E-state index contributed by atoms with van der Waals surface area (Å²) in [6.07, 6.45) is 0.947. The molecule has 19 heavy (non-hydrogen) atoms. The van der Waals surface area contributed by atoms with Crippen molar-refractivity contribution in [1.29, 1.82) is 0 Å². The summed E-state index contributed by atoms with van der Waals surface area (Å²) in [5.74, 6) is 6.42. The normalized spacial score (nSPS) is 22.5. The van der Waals surface area contributed by atoms with Gasteiger partial charge in [-0.3, -0.25) is 16.0 Å². The van der Waals surface area contributed by atoms with Crippen LogP contribution in [0.2, 0.25) is 0 Å². The highest BCUT2D eigenvalue weighted by Crippen LogP contribution is 2.69. The molecule has 1 aromatic heterocycles. The maximum atomic E-state index is 5.82. The highest BCUT2D eigenvalue weighted by Gasteiger charge is 2.66. The van der Waals surface area contributed by atoms with Crippen LogP contribution >= 0.6 is 0 Å². The van der Waals surface area contributed by atoms with E-state index in [4.69, 9.17) is 5.84 Å². The summed E-state index contributed by atoms with van der Waals surface area (Å²) in [5, 5.41) is 4.52. The molecule has 1 aromatic rings. The van der Waals surface area contributed by atoms with Crippen molar-refractivity contribution in [1.82, 2.24) is 15.2 Å². The van der Waals surface area contributed by atoms with Crippen LogP contribution in [-0.4, -0.2) is 15.8 Å². The fraction of sp³-hybridized carbons (Fsp3) is 0.800. The highest BCUT2D eigenvalue weighted by atomic mass is 15.3. The molecule has 1 fully saturated rings. The van der Waals surface area contributed by atoms with Gasteiger partial charge in [0.15, 0.2) is 0 Å². The van der Waals surface area contributed by atoms with Crippen molar-refractivity contribution in [2.45, 2.75) is 60.5 Å². The van der Waals surface area contributed by atoms with Crippen molar-refractivity contribution < 1.29 is 0 Å². The molecule has 1 heterocycles. The Labute approximate surface area is 116 Å². The van der Waals surface area contributed by atoms with Gasteiger partial charge in [-0.2, -0.15) is 5.10 Å². The Kier molecular flexibility index (Phi) is 3.52. The number of nitrogens with two attached hydrogens (primary N) is 1. The molecule has 0 amide bonds. The SMILES string of the molecule is CCn1nc(C)cc1CC(NN)C1C(C)(C)C1(C)C. The standard InChI is InChI=1S/C15H28N4/c1-7-19-11(8-10(2)18-19)9-12(17-16)13-14(3,4)15(13,5)6/h8,12-13,17H,7,9,16H2,1-6H3. The second kappa shape index (κ2) is 4.60. The monoisotopic (exact) mass is 264 g/mol. The lowest BCUT2D eigenvalue weighted by atomic mass is 10.00. The average Bonchev–Trinajstić information content (AvgIpc) is 2.61. The van der Waals surface area contributed by atoms with Gasteiger partial charge in [-0.05, 0) is 36.7 Å². The first kappa shape index (κ1) is 14.5. The van der Waals surface area contributed by atoms with E-state index in [-0.39, 0.29) is 0 Å². The number of aryl methyl sites for hydroxylation is 2. The van der Waals surface area contributed by atoms with Crippen LogP contribution in [0.5, 0.6) is 0 Å². The summed E-state index contributed by atoms with van der Waals surface area (Å²) >= 11 is 0. The molecule has 0 aliphatic heterocycles. The summed E-state index contributed by atoms with van der Waals surface area (Å²) in [6, 6.07) is 2.49. The first-order valence-corrected chi connectivity index (χ1v) is 7.25. The molecule has 2 rings (SSSR count). The minimum absolute atomic E-state index is 0.311. The van der Waals surface area contributed by atoms with Gasteiger partial charge < -0.3 is 0 Å². The summed E-state index contributed by atoms with van der Waals surface area (Å²) < 4.78 is 2.09. The van der Waals surface area contributed by atoms with Gasteiger partial charge in [0, 0.05) is 24.7 Å². The average molecular weight is 264 g/mol. The number of hydrogen-bond acceptors (Lipinski definition) is 3. The van der Waals surface area contributed by atoms with E-state index in [2.05, 4.69) is 55.9 Å². The minimum atomic E-state index is 0.311. The molecule has 108 valence electrons.